The van der Waals surface area contributed by atoms with Gasteiger partial charge in [0.05, 0.1) is 10.6 Å². The van der Waals surface area contributed by atoms with E-state index in [4.69, 9.17) is 11.6 Å². The second-order valence-corrected chi connectivity index (χ2v) is 6.16. The molecule has 0 spiro atoms. The van der Waals surface area contributed by atoms with Gasteiger partial charge in [0, 0.05) is 19.5 Å². The molecule has 2 rings (SSSR count). The molecule has 0 saturated heterocycles. The maximum atomic E-state index is 13.0. The number of hydrogen-bond acceptors (Lipinski definition) is 3. The van der Waals surface area contributed by atoms with Crippen LogP contribution in [0.3, 0.4) is 0 Å². The highest BCUT2D eigenvalue weighted by atomic mass is 35.5. The standard InChI is InChI=1S/C19H18ClF3N2O3/c20-16-11-13(21)3-6-15(16)18(27)25-10-8-17(26)24-9-7-12-1-4-14(5-2-12)28-19(22)23/h1-6,11,19H,7-10H2,(H,24,26)(H,25,27). The van der Waals surface area contributed by atoms with E-state index in [2.05, 4.69) is 15.4 Å². The van der Waals surface area contributed by atoms with Crippen LogP contribution in [0.15, 0.2) is 42.5 Å². The molecule has 2 N–H and O–H groups in total. The van der Waals surface area contributed by atoms with E-state index in [0.717, 1.165) is 17.7 Å². The van der Waals surface area contributed by atoms with Crippen molar-refractivity contribution in [3.8, 4) is 5.75 Å². The quantitative estimate of drug-likeness (QED) is 0.659. The summed E-state index contributed by atoms with van der Waals surface area (Å²) >= 11 is 5.80. The van der Waals surface area contributed by atoms with Crippen molar-refractivity contribution in [3.05, 3.63) is 64.4 Å². The van der Waals surface area contributed by atoms with Gasteiger partial charge in [0.2, 0.25) is 5.91 Å². The Bertz CT molecular complexity index is 817. The van der Waals surface area contributed by atoms with Gasteiger partial charge in [0.25, 0.3) is 5.91 Å². The van der Waals surface area contributed by atoms with Gasteiger partial charge in [0.15, 0.2) is 0 Å². The van der Waals surface area contributed by atoms with Gasteiger partial charge in [-0.2, -0.15) is 8.78 Å². The average molecular weight is 415 g/mol. The zero-order valence-corrected chi connectivity index (χ0v) is 15.4. The second kappa shape index (κ2) is 10.6. The highest BCUT2D eigenvalue weighted by molar-refractivity contribution is 6.33. The molecule has 150 valence electrons. The Labute approximate surface area is 164 Å². The smallest absolute Gasteiger partial charge is 0.387 e. The Morgan fingerprint density at radius 1 is 1.04 bits per heavy atom. The van der Waals surface area contributed by atoms with E-state index in [-0.39, 0.29) is 35.2 Å². The number of carbonyl (C=O) groups is 2. The second-order valence-electron chi connectivity index (χ2n) is 5.75. The van der Waals surface area contributed by atoms with Gasteiger partial charge >= 0.3 is 6.61 Å². The van der Waals surface area contributed by atoms with Crippen molar-refractivity contribution in [2.75, 3.05) is 13.1 Å². The molecule has 0 heterocycles. The fourth-order valence-corrected chi connectivity index (χ4v) is 2.58. The van der Waals surface area contributed by atoms with Gasteiger partial charge in [-0.3, -0.25) is 9.59 Å². The zero-order chi connectivity index (χ0) is 20.5. The van der Waals surface area contributed by atoms with Crippen LogP contribution in [0.2, 0.25) is 5.02 Å². The Morgan fingerprint density at radius 3 is 2.39 bits per heavy atom. The lowest BCUT2D eigenvalue weighted by atomic mass is 10.1. The molecule has 0 saturated carbocycles. The molecular formula is C19H18ClF3N2O3. The van der Waals surface area contributed by atoms with Crippen molar-refractivity contribution in [2.45, 2.75) is 19.5 Å². The molecule has 9 heteroatoms. The molecule has 0 aliphatic rings. The number of halogens is 4. The first-order chi connectivity index (χ1) is 13.3. The summed E-state index contributed by atoms with van der Waals surface area (Å²) in [4.78, 5) is 23.7. The van der Waals surface area contributed by atoms with Crippen molar-refractivity contribution in [1.29, 1.82) is 0 Å². The molecule has 2 amide bonds. The molecule has 5 nitrogen and oxygen atoms in total. The molecule has 2 aromatic carbocycles. The summed E-state index contributed by atoms with van der Waals surface area (Å²) in [5.74, 6) is -1.23. The van der Waals surface area contributed by atoms with Gasteiger partial charge < -0.3 is 15.4 Å². The van der Waals surface area contributed by atoms with Crippen molar-refractivity contribution in [1.82, 2.24) is 10.6 Å². The van der Waals surface area contributed by atoms with Crippen molar-refractivity contribution < 1.29 is 27.5 Å². The lowest BCUT2D eigenvalue weighted by molar-refractivity contribution is -0.120. The van der Waals surface area contributed by atoms with E-state index in [9.17, 15) is 22.8 Å². The molecular weight excluding hydrogens is 397 g/mol. The summed E-state index contributed by atoms with van der Waals surface area (Å²) in [6.07, 6.45) is 0.573. The minimum atomic E-state index is -2.87. The molecule has 0 fully saturated rings. The lowest BCUT2D eigenvalue weighted by Gasteiger charge is -2.08. The van der Waals surface area contributed by atoms with Crippen molar-refractivity contribution in [3.63, 3.8) is 0 Å². The SMILES string of the molecule is O=C(CCNC(=O)c1ccc(F)cc1Cl)NCCc1ccc(OC(F)F)cc1. The number of alkyl halides is 2. The van der Waals surface area contributed by atoms with Gasteiger partial charge in [0.1, 0.15) is 11.6 Å². The summed E-state index contributed by atoms with van der Waals surface area (Å²) in [6, 6.07) is 9.56. The topological polar surface area (TPSA) is 67.4 Å². The Kier molecular flexibility index (Phi) is 8.13. The molecule has 0 bridgehead atoms. The van der Waals surface area contributed by atoms with Crippen molar-refractivity contribution in [2.24, 2.45) is 0 Å². The fourth-order valence-electron chi connectivity index (χ4n) is 2.33. The zero-order valence-electron chi connectivity index (χ0n) is 14.7. The van der Waals surface area contributed by atoms with E-state index < -0.39 is 18.3 Å². The van der Waals surface area contributed by atoms with E-state index in [1.165, 1.54) is 18.2 Å². The number of hydrogen-bond donors (Lipinski definition) is 2. The summed E-state index contributed by atoms with van der Waals surface area (Å²) in [5.41, 5.74) is 0.976. The maximum Gasteiger partial charge on any atom is 0.387 e. The normalized spacial score (nSPS) is 10.6. The largest absolute Gasteiger partial charge is 0.435 e. The molecule has 28 heavy (non-hydrogen) atoms. The third-order valence-corrected chi connectivity index (χ3v) is 4.01. The average Bonchev–Trinajstić information content (AvgIpc) is 2.62. The number of amides is 2. The van der Waals surface area contributed by atoms with E-state index in [1.54, 1.807) is 12.1 Å². The van der Waals surface area contributed by atoms with Crippen molar-refractivity contribution >= 4 is 23.4 Å². The van der Waals surface area contributed by atoms with Gasteiger partial charge in [-0.15, -0.1) is 0 Å². The number of carbonyl (C=O) groups excluding carboxylic acids is 2. The van der Waals surface area contributed by atoms with Crippen LogP contribution in [0.5, 0.6) is 5.75 Å². The molecule has 0 aliphatic heterocycles. The Balaban J connectivity index is 1.66. The lowest BCUT2D eigenvalue weighted by Crippen LogP contribution is -2.31. The Hall–Kier alpha value is -2.74. The predicted molar refractivity (Wildman–Crippen MR) is 98.1 cm³/mol. The number of rotatable bonds is 9. The van der Waals surface area contributed by atoms with E-state index >= 15 is 0 Å². The van der Waals surface area contributed by atoms with Crippen LogP contribution in [0.25, 0.3) is 0 Å². The van der Waals surface area contributed by atoms with Crippen LogP contribution in [0.1, 0.15) is 22.3 Å². The molecule has 0 aliphatic carbocycles. The molecule has 2 aromatic rings. The van der Waals surface area contributed by atoms with Crippen LogP contribution < -0.4 is 15.4 Å². The van der Waals surface area contributed by atoms with Crippen LogP contribution in [0, 0.1) is 5.82 Å². The molecule has 0 radical (unpaired) electrons. The van der Waals surface area contributed by atoms with Gasteiger partial charge in [-0.05, 0) is 42.3 Å². The first-order valence-corrected chi connectivity index (χ1v) is 8.76. The monoisotopic (exact) mass is 414 g/mol. The minimum absolute atomic E-state index is 0.00748. The maximum absolute atomic E-state index is 13.0. The molecule has 0 aromatic heterocycles. The summed E-state index contributed by atoms with van der Waals surface area (Å²) in [7, 11) is 0. The number of ether oxygens (including phenoxy) is 1. The van der Waals surface area contributed by atoms with Crippen LogP contribution >= 0.6 is 11.6 Å². The third kappa shape index (κ3) is 7.11. The third-order valence-electron chi connectivity index (χ3n) is 3.70. The summed E-state index contributed by atoms with van der Waals surface area (Å²) < 4.78 is 41.4. The first kappa shape index (κ1) is 21.6. The minimum Gasteiger partial charge on any atom is -0.435 e. The number of nitrogens with one attached hydrogen (secondary N) is 2. The highest BCUT2D eigenvalue weighted by Gasteiger charge is 2.11. The highest BCUT2D eigenvalue weighted by Crippen LogP contribution is 2.17. The first-order valence-electron chi connectivity index (χ1n) is 8.39. The summed E-state index contributed by atoms with van der Waals surface area (Å²) in [6.45, 7) is -2.42. The van der Waals surface area contributed by atoms with Crippen LogP contribution in [-0.4, -0.2) is 31.5 Å². The van der Waals surface area contributed by atoms with Crippen LogP contribution in [-0.2, 0) is 11.2 Å². The van der Waals surface area contributed by atoms with E-state index in [1.807, 2.05) is 0 Å². The fraction of sp³-hybridized carbons (Fsp3) is 0.263. The Morgan fingerprint density at radius 2 is 1.75 bits per heavy atom. The van der Waals surface area contributed by atoms with Gasteiger partial charge in [-0.1, -0.05) is 23.7 Å². The van der Waals surface area contributed by atoms with Gasteiger partial charge in [-0.25, -0.2) is 4.39 Å². The molecule has 0 unspecified atom stereocenters. The number of benzene rings is 2. The summed E-state index contributed by atoms with van der Waals surface area (Å²) in [5, 5.41) is 5.22. The predicted octanol–water partition coefficient (Wildman–Crippen LogP) is 3.56. The molecule has 0 atom stereocenters. The van der Waals surface area contributed by atoms with E-state index in [0.29, 0.717) is 13.0 Å². The van der Waals surface area contributed by atoms with Crippen LogP contribution in [0.4, 0.5) is 13.2 Å².